The van der Waals surface area contributed by atoms with Crippen molar-refractivity contribution in [3.63, 3.8) is 0 Å². The SMILES string of the molecule is CC[C@@H](C)NC(=O)[C@H](C)N(c1ccc(OC)c(Cl)c1)S(C)(=O)=O. The molecule has 0 spiro atoms. The molecule has 8 heteroatoms. The molecule has 23 heavy (non-hydrogen) atoms. The minimum Gasteiger partial charge on any atom is -0.495 e. The van der Waals surface area contributed by atoms with Crippen molar-refractivity contribution in [3.05, 3.63) is 23.2 Å². The van der Waals surface area contributed by atoms with Crippen LogP contribution in [-0.2, 0) is 14.8 Å². The van der Waals surface area contributed by atoms with E-state index in [1.165, 1.54) is 20.1 Å². The number of ether oxygens (including phenoxy) is 1. The van der Waals surface area contributed by atoms with Gasteiger partial charge in [0.15, 0.2) is 0 Å². The van der Waals surface area contributed by atoms with Crippen molar-refractivity contribution in [2.24, 2.45) is 0 Å². The molecule has 1 aromatic rings. The Morgan fingerprint density at radius 3 is 2.43 bits per heavy atom. The van der Waals surface area contributed by atoms with E-state index >= 15 is 0 Å². The van der Waals surface area contributed by atoms with Crippen molar-refractivity contribution in [3.8, 4) is 5.75 Å². The van der Waals surface area contributed by atoms with Gasteiger partial charge in [0, 0.05) is 6.04 Å². The number of benzene rings is 1. The molecular formula is C15H23ClN2O4S. The largest absolute Gasteiger partial charge is 0.495 e. The van der Waals surface area contributed by atoms with E-state index in [1.807, 2.05) is 13.8 Å². The van der Waals surface area contributed by atoms with Crippen LogP contribution in [0.1, 0.15) is 27.2 Å². The van der Waals surface area contributed by atoms with Crippen LogP contribution in [0.5, 0.6) is 5.75 Å². The summed E-state index contributed by atoms with van der Waals surface area (Å²) in [5.74, 6) is 0.0669. The van der Waals surface area contributed by atoms with Crippen molar-refractivity contribution in [2.45, 2.75) is 39.3 Å². The third-order valence-corrected chi connectivity index (χ3v) is 5.02. The van der Waals surface area contributed by atoms with Gasteiger partial charge in [-0.3, -0.25) is 9.10 Å². The monoisotopic (exact) mass is 362 g/mol. The lowest BCUT2D eigenvalue weighted by atomic mass is 10.2. The first-order valence-corrected chi connectivity index (χ1v) is 9.47. The molecule has 0 saturated heterocycles. The molecule has 1 N–H and O–H groups in total. The molecule has 0 bridgehead atoms. The molecule has 0 saturated carbocycles. The van der Waals surface area contributed by atoms with Crippen LogP contribution in [0.4, 0.5) is 5.69 Å². The summed E-state index contributed by atoms with van der Waals surface area (Å²) >= 11 is 6.07. The Morgan fingerprint density at radius 1 is 1.39 bits per heavy atom. The number of hydrogen-bond acceptors (Lipinski definition) is 4. The molecule has 0 fully saturated rings. The summed E-state index contributed by atoms with van der Waals surface area (Å²) < 4.78 is 30.5. The lowest BCUT2D eigenvalue weighted by Crippen LogP contribution is -2.49. The average molecular weight is 363 g/mol. The second-order valence-corrected chi connectivity index (χ2v) is 7.64. The Morgan fingerprint density at radius 2 is 2.00 bits per heavy atom. The third kappa shape index (κ3) is 5.00. The third-order valence-electron chi connectivity index (χ3n) is 3.48. The van der Waals surface area contributed by atoms with Crippen LogP contribution in [0.3, 0.4) is 0 Å². The standard InChI is InChI=1S/C15H23ClN2O4S/c1-6-10(2)17-15(19)11(3)18(23(5,20)21)12-7-8-14(22-4)13(16)9-12/h7-11H,6H2,1-5H3,(H,17,19)/t10-,11+/m1/s1. The van der Waals surface area contributed by atoms with E-state index in [4.69, 9.17) is 16.3 Å². The van der Waals surface area contributed by atoms with Crippen molar-refractivity contribution >= 4 is 33.2 Å². The minimum atomic E-state index is -3.67. The fourth-order valence-corrected chi connectivity index (χ4v) is 3.49. The van der Waals surface area contributed by atoms with Gasteiger partial charge in [-0.25, -0.2) is 8.42 Å². The minimum absolute atomic E-state index is 0.0363. The lowest BCUT2D eigenvalue weighted by Gasteiger charge is -2.29. The summed E-state index contributed by atoms with van der Waals surface area (Å²) in [5.41, 5.74) is 0.310. The molecule has 130 valence electrons. The Kier molecular flexibility index (Phi) is 6.70. The predicted molar refractivity (Wildman–Crippen MR) is 92.7 cm³/mol. The number of hydrogen-bond donors (Lipinski definition) is 1. The van der Waals surface area contributed by atoms with Gasteiger partial charge in [-0.1, -0.05) is 18.5 Å². The Bertz CT molecular complexity index is 663. The molecule has 0 heterocycles. The highest BCUT2D eigenvalue weighted by Gasteiger charge is 2.30. The van der Waals surface area contributed by atoms with Gasteiger partial charge in [0.25, 0.3) is 0 Å². The number of halogens is 1. The smallest absolute Gasteiger partial charge is 0.243 e. The van der Waals surface area contributed by atoms with Crippen LogP contribution >= 0.6 is 11.6 Å². The van der Waals surface area contributed by atoms with Gasteiger partial charge in [0.2, 0.25) is 15.9 Å². The fraction of sp³-hybridized carbons (Fsp3) is 0.533. The van der Waals surface area contributed by atoms with E-state index in [-0.39, 0.29) is 17.0 Å². The molecule has 6 nitrogen and oxygen atoms in total. The van der Waals surface area contributed by atoms with E-state index in [2.05, 4.69) is 5.32 Å². The topological polar surface area (TPSA) is 75.7 Å². The molecule has 1 amide bonds. The van der Waals surface area contributed by atoms with E-state index in [9.17, 15) is 13.2 Å². The van der Waals surface area contributed by atoms with Crippen molar-refractivity contribution in [2.75, 3.05) is 17.7 Å². The van der Waals surface area contributed by atoms with Crippen LogP contribution in [0.25, 0.3) is 0 Å². The highest BCUT2D eigenvalue weighted by molar-refractivity contribution is 7.92. The summed E-state index contributed by atoms with van der Waals surface area (Å²) in [6.07, 6.45) is 1.81. The van der Waals surface area contributed by atoms with Gasteiger partial charge in [0.1, 0.15) is 11.8 Å². The fourth-order valence-electron chi connectivity index (χ4n) is 2.07. The number of nitrogens with zero attached hydrogens (tertiary/aromatic N) is 1. The number of amides is 1. The Hall–Kier alpha value is -1.47. The molecular weight excluding hydrogens is 340 g/mol. The van der Waals surface area contributed by atoms with Gasteiger partial charge < -0.3 is 10.1 Å². The first kappa shape index (κ1) is 19.6. The molecule has 0 aliphatic rings. The first-order valence-electron chi connectivity index (χ1n) is 7.25. The molecule has 0 unspecified atom stereocenters. The van der Waals surface area contributed by atoms with Gasteiger partial charge in [-0.2, -0.15) is 0 Å². The molecule has 1 aromatic carbocycles. The number of sulfonamides is 1. The molecule has 0 aliphatic heterocycles. The number of nitrogens with one attached hydrogen (secondary N) is 1. The van der Waals surface area contributed by atoms with E-state index < -0.39 is 16.1 Å². The second kappa shape index (κ2) is 7.88. The van der Waals surface area contributed by atoms with Crippen LogP contribution < -0.4 is 14.4 Å². The number of carbonyl (C=O) groups is 1. The summed E-state index contributed by atoms with van der Waals surface area (Å²) in [7, 11) is -2.20. The number of methoxy groups -OCH3 is 1. The van der Waals surface area contributed by atoms with Gasteiger partial charge in [-0.15, -0.1) is 0 Å². The van der Waals surface area contributed by atoms with Crippen LogP contribution in [0.2, 0.25) is 5.02 Å². The highest BCUT2D eigenvalue weighted by Crippen LogP contribution is 2.31. The Labute approximate surface area is 142 Å². The average Bonchev–Trinajstić information content (AvgIpc) is 2.45. The normalized spacial score (nSPS) is 14.0. The zero-order valence-electron chi connectivity index (χ0n) is 14.0. The molecule has 1 rings (SSSR count). The number of carbonyl (C=O) groups excluding carboxylic acids is 1. The molecule has 2 atom stereocenters. The molecule has 0 radical (unpaired) electrons. The van der Waals surface area contributed by atoms with E-state index in [1.54, 1.807) is 12.1 Å². The zero-order valence-corrected chi connectivity index (χ0v) is 15.5. The highest BCUT2D eigenvalue weighted by atomic mass is 35.5. The molecule has 0 aliphatic carbocycles. The van der Waals surface area contributed by atoms with Crippen molar-refractivity contribution in [1.29, 1.82) is 0 Å². The van der Waals surface area contributed by atoms with Crippen LogP contribution in [0.15, 0.2) is 18.2 Å². The summed E-state index contributed by atoms with van der Waals surface area (Å²) in [4.78, 5) is 12.3. The summed E-state index contributed by atoms with van der Waals surface area (Å²) in [6, 6.07) is 3.65. The molecule has 0 aromatic heterocycles. The Balaban J connectivity index is 3.20. The maximum Gasteiger partial charge on any atom is 0.243 e. The van der Waals surface area contributed by atoms with Crippen LogP contribution in [0, 0.1) is 0 Å². The van der Waals surface area contributed by atoms with Crippen LogP contribution in [-0.4, -0.2) is 39.8 Å². The number of anilines is 1. The van der Waals surface area contributed by atoms with Crippen molar-refractivity contribution < 1.29 is 17.9 Å². The second-order valence-electron chi connectivity index (χ2n) is 5.37. The van der Waals surface area contributed by atoms with Gasteiger partial charge in [0.05, 0.1) is 24.1 Å². The van der Waals surface area contributed by atoms with E-state index in [0.29, 0.717) is 11.4 Å². The lowest BCUT2D eigenvalue weighted by molar-refractivity contribution is -0.122. The quantitative estimate of drug-likeness (QED) is 0.808. The maximum atomic E-state index is 12.3. The number of rotatable bonds is 7. The van der Waals surface area contributed by atoms with Gasteiger partial charge in [-0.05, 0) is 38.5 Å². The van der Waals surface area contributed by atoms with Crippen molar-refractivity contribution in [1.82, 2.24) is 5.32 Å². The van der Waals surface area contributed by atoms with E-state index in [0.717, 1.165) is 17.0 Å². The first-order chi connectivity index (χ1) is 10.6. The summed E-state index contributed by atoms with van der Waals surface area (Å²) in [5, 5.41) is 3.06. The zero-order chi connectivity index (χ0) is 17.8. The summed E-state index contributed by atoms with van der Waals surface area (Å²) in [6.45, 7) is 5.34. The van der Waals surface area contributed by atoms with Gasteiger partial charge >= 0.3 is 0 Å². The predicted octanol–water partition coefficient (Wildman–Crippen LogP) is 2.42. The maximum absolute atomic E-state index is 12.3.